The first-order valence-corrected chi connectivity index (χ1v) is 7.93. The second-order valence-electron chi connectivity index (χ2n) is 6.15. The van der Waals surface area contributed by atoms with E-state index in [9.17, 15) is 0 Å². The molecule has 100 valence electrons. The van der Waals surface area contributed by atoms with Crippen molar-refractivity contribution in [2.24, 2.45) is 0 Å². The van der Waals surface area contributed by atoms with Crippen LogP contribution in [0.4, 0.5) is 5.82 Å². The zero-order valence-corrected chi connectivity index (χ0v) is 13.2. The fraction of sp³-hybridized carbons (Fsp3) is 0.667. The number of pyridine rings is 1. The van der Waals surface area contributed by atoms with Gasteiger partial charge in [-0.3, -0.25) is 0 Å². The van der Waals surface area contributed by atoms with Crippen LogP contribution in [0.25, 0.3) is 0 Å². The van der Waals surface area contributed by atoms with Crippen molar-refractivity contribution in [2.75, 3.05) is 16.8 Å². The molecule has 3 heteroatoms. The average molecular weight is 311 g/mol. The summed E-state index contributed by atoms with van der Waals surface area (Å²) >= 11 is 3.63. The number of hydrogen-bond donors (Lipinski definition) is 0. The molecule has 2 heterocycles. The third-order valence-electron chi connectivity index (χ3n) is 3.71. The highest BCUT2D eigenvalue weighted by molar-refractivity contribution is 9.09. The van der Waals surface area contributed by atoms with Gasteiger partial charge in [-0.25, -0.2) is 4.98 Å². The van der Waals surface area contributed by atoms with Gasteiger partial charge in [0.05, 0.1) is 0 Å². The molecule has 0 bridgehead atoms. The number of rotatable bonds is 2. The minimum atomic E-state index is 0.183. The SMILES string of the molecule is CC(C)(C)c1ccc(N2CCCCC2CBr)nc1. The van der Waals surface area contributed by atoms with Gasteiger partial charge in [0.15, 0.2) is 0 Å². The van der Waals surface area contributed by atoms with Crippen molar-refractivity contribution in [1.29, 1.82) is 0 Å². The molecule has 0 spiro atoms. The molecule has 1 atom stereocenters. The maximum atomic E-state index is 4.67. The number of alkyl halides is 1. The average Bonchev–Trinajstić information content (AvgIpc) is 2.38. The summed E-state index contributed by atoms with van der Waals surface area (Å²) < 4.78 is 0. The van der Waals surface area contributed by atoms with Crippen LogP contribution in [0.3, 0.4) is 0 Å². The molecule has 2 nitrogen and oxygen atoms in total. The first-order valence-electron chi connectivity index (χ1n) is 6.81. The zero-order chi connectivity index (χ0) is 13.2. The van der Waals surface area contributed by atoms with Gasteiger partial charge in [-0.1, -0.05) is 42.8 Å². The Hall–Kier alpha value is -0.570. The molecule has 0 amide bonds. The van der Waals surface area contributed by atoms with Crippen LogP contribution in [0.2, 0.25) is 0 Å². The van der Waals surface area contributed by atoms with E-state index < -0.39 is 0 Å². The molecule has 2 rings (SSSR count). The number of hydrogen-bond acceptors (Lipinski definition) is 2. The molecule has 18 heavy (non-hydrogen) atoms. The molecule has 0 saturated carbocycles. The van der Waals surface area contributed by atoms with Crippen molar-refractivity contribution in [2.45, 2.75) is 51.5 Å². The fourth-order valence-electron chi connectivity index (χ4n) is 2.46. The van der Waals surface area contributed by atoms with Crippen LogP contribution in [0.15, 0.2) is 18.3 Å². The number of piperidine rings is 1. The monoisotopic (exact) mass is 310 g/mol. The van der Waals surface area contributed by atoms with E-state index in [-0.39, 0.29) is 5.41 Å². The van der Waals surface area contributed by atoms with Gasteiger partial charge in [-0.15, -0.1) is 0 Å². The van der Waals surface area contributed by atoms with Gasteiger partial charge in [0.25, 0.3) is 0 Å². The van der Waals surface area contributed by atoms with Crippen molar-refractivity contribution in [1.82, 2.24) is 4.98 Å². The van der Waals surface area contributed by atoms with Gasteiger partial charge in [0.1, 0.15) is 5.82 Å². The van der Waals surface area contributed by atoms with Gasteiger partial charge >= 0.3 is 0 Å². The Morgan fingerprint density at radius 2 is 2.11 bits per heavy atom. The van der Waals surface area contributed by atoms with Crippen LogP contribution < -0.4 is 4.90 Å². The second kappa shape index (κ2) is 5.60. The molecule has 0 radical (unpaired) electrons. The largest absolute Gasteiger partial charge is 0.353 e. The maximum absolute atomic E-state index is 4.67. The molecule has 1 aromatic rings. The van der Waals surface area contributed by atoms with E-state index in [1.165, 1.54) is 24.8 Å². The normalized spacial score (nSPS) is 21.1. The molecule has 1 saturated heterocycles. The molecule has 0 N–H and O–H groups in total. The Morgan fingerprint density at radius 3 is 2.67 bits per heavy atom. The van der Waals surface area contributed by atoms with E-state index in [0.29, 0.717) is 6.04 Å². The van der Waals surface area contributed by atoms with Gasteiger partial charge < -0.3 is 4.90 Å². The smallest absolute Gasteiger partial charge is 0.128 e. The summed E-state index contributed by atoms with van der Waals surface area (Å²) in [6, 6.07) is 5.01. The summed E-state index contributed by atoms with van der Waals surface area (Å²) in [6.45, 7) is 7.82. The lowest BCUT2D eigenvalue weighted by Crippen LogP contribution is -2.41. The van der Waals surface area contributed by atoms with Gasteiger partial charge in [0.2, 0.25) is 0 Å². The zero-order valence-electron chi connectivity index (χ0n) is 11.6. The van der Waals surface area contributed by atoms with Crippen LogP contribution in [-0.2, 0) is 5.41 Å². The summed E-state index contributed by atoms with van der Waals surface area (Å²) in [5, 5.41) is 1.04. The number of halogens is 1. The Bertz CT molecular complexity index is 380. The van der Waals surface area contributed by atoms with Crippen LogP contribution in [0.5, 0.6) is 0 Å². The Balaban J connectivity index is 2.18. The lowest BCUT2D eigenvalue weighted by Gasteiger charge is -2.36. The van der Waals surface area contributed by atoms with E-state index in [1.54, 1.807) is 0 Å². The Morgan fingerprint density at radius 1 is 1.33 bits per heavy atom. The van der Waals surface area contributed by atoms with Gasteiger partial charge in [0, 0.05) is 24.1 Å². The molecule has 0 aliphatic carbocycles. The van der Waals surface area contributed by atoms with Crippen LogP contribution in [0.1, 0.15) is 45.6 Å². The van der Waals surface area contributed by atoms with Gasteiger partial charge in [-0.05, 0) is 36.3 Å². The molecule has 1 aliphatic rings. The third kappa shape index (κ3) is 3.05. The van der Waals surface area contributed by atoms with Crippen molar-refractivity contribution in [3.8, 4) is 0 Å². The predicted molar refractivity (Wildman–Crippen MR) is 81.7 cm³/mol. The standard InChI is InChI=1S/C15H23BrN2/c1-15(2,3)12-7-8-14(17-11-12)18-9-5-4-6-13(18)10-16/h7-8,11,13H,4-6,9-10H2,1-3H3. The molecule has 0 aromatic carbocycles. The first-order chi connectivity index (χ1) is 8.52. The number of anilines is 1. The van der Waals surface area contributed by atoms with Crippen LogP contribution >= 0.6 is 15.9 Å². The molecule has 1 aliphatic heterocycles. The Kier molecular flexibility index (Phi) is 4.31. The van der Waals surface area contributed by atoms with E-state index in [2.05, 4.69) is 58.7 Å². The predicted octanol–water partition coefficient (Wildman–Crippen LogP) is 4.13. The van der Waals surface area contributed by atoms with E-state index in [1.807, 2.05) is 6.20 Å². The lowest BCUT2D eigenvalue weighted by atomic mass is 9.88. The van der Waals surface area contributed by atoms with Crippen molar-refractivity contribution >= 4 is 21.7 Å². The van der Waals surface area contributed by atoms with E-state index in [0.717, 1.165) is 17.7 Å². The summed E-state index contributed by atoms with van der Waals surface area (Å²) in [5.41, 5.74) is 1.49. The first kappa shape index (κ1) is 13.9. The maximum Gasteiger partial charge on any atom is 0.128 e. The second-order valence-corrected chi connectivity index (χ2v) is 6.80. The highest BCUT2D eigenvalue weighted by atomic mass is 79.9. The molecular weight excluding hydrogens is 288 g/mol. The quantitative estimate of drug-likeness (QED) is 0.763. The van der Waals surface area contributed by atoms with Crippen molar-refractivity contribution in [3.63, 3.8) is 0 Å². The molecule has 1 aromatic heterocycles. The van der Waals surface area contributed by atoms with E-state index in [4.69, 9.17) is 0 Å². The molecule has 1 unspecified atom stereocenters. The van der Waals surface area contributed by atoms with Crippen LogP contribution in [-0.4, -0.2) is 22.9 Å². The lowest BCUT2D eigenvalue weighted by molar-refractivity contribution is 0.487. The summed E-state index contributed by atoms with van der Waals surface area (Å²) in [4.78, 5) is 7.12. The highest BCUT2D eigenvalue weighted by Gasteiger charge is 2.23. The highest BCUT2D eigenvalue weighted by Crippen LogP contribution is 2.27. The summed E-state index contributed by atoms with van der Waals surface area (Å²) in [7, 11) is 0. The fourth-order valence-corrected chi connectivity index (χ4v) is 3.14. The summed E-state index contributed by atoms with van der Waals surface area (Å²) in [6.07, 6.45) is 5.93. The topological polar surface area (TPSA) is 16.1 Å². The third-order valence-corrected chi connectivity index (χ3v) is 4.46. The minimum absolute atomic E-state index is 0.183. The van der Waals surface area contributed by atoms with Gasteiger partial charge in [-0.2, -0.15) is 0 Å². The molecule has 1 fully saturated rings. The van der Waals surface area contributed by atoms with Crippen LogP contribution in [0, 0.1) is 0 Å². The number of aromatic nitrogens is 1. The van der Waals surface area contributed by atoms with E-state index >= 15 is 0 Å². The van der Waals surface area contributed by atoms with Crippen molar-refractivity contribution < 1.29 is 0 Å². The van der Waals surface area contributed by atoms with Crippen molar-refractivity contribution in [3.05, 3.63) is 23.9 Å². The number of nitrogens with zero attached hydrogens (tertiary/aromatic N) is 2. The minimum Gasteiger partial charge on any atom is -0.353 e. The summed E-state index contributed by atoms with van der Waals surface area (Å²) in [5.74, 6) is 1.13. The molecular formula is C15H23BrN2. The Labute approximate surface area is 119 Å².